The lowest BCUT2D eigenvalue weighted by Crippen LogP contribution is -2.36. The minimum Gasteiger partial charge on any atom is -0.480 e. The smallest absolute Gasteiger partial charge is 0.328 e. The highest BCUT2D eigenvalue weighted by Crippen LogP contribution is 2.24. The van der Waals surface area contributed by atoms with E-state index >= 15 is 0 Å². The first kappa shape index (κ1) is 17.4. The second-order valence-electron chi connectivity index (χ2n) is 6.32. The molecule has 25 heavy (non-hydrogen) atoms. The fourth-order valence-corrected chi connectivity index (χ4v) is 3.14. The normalized spacial score (nSPS) is 23.2. The minimum absolute atomic E-state index is 0.0932. The summed E-state index contributed by atoms with van der Waals surface area (Å²) in [5, 5.41) is 17.9. The van der Waals surface area contributed by atoms with Gasteiger partial charge in [0.2, 0.25) is 0 Å². The Balaban J connectivity index is 1.59. The molecule has 7 heteroatoms. The van der Waals surface area contributed by atoms with E-state index in [1.165, 1.54) is 5.01 Å². The molecule has 1 fully saturated rings. The van der Waals surface area contributed by atoms with Crippen LogP contribution < -0.4 is 10.3 Å². The molecule has 7 nitrogen and oxygen atoms in total. The van der Waals surface area contributed by atoms with Crippen LogP contribution in [0.5, 0.6) is 0 Å². The van der Waals surface area contributed by atoms with Crippen molar-refractivity contribution in [3.63, 3.8) is 0 Å². The first-order valence-corrected chi connectivity index (χ1v) is 8.69. The molecule has 0 aliphatic carbocycles. The number of amides is 1. The highest BCUT2D eigenvalue weighted by molar-refractivity contribution is 6.40. The van der Waals surface area contributed by atoms with Gasteiger partial charge in [0.1, 0.15) is 5.71 Å². The Morgan fingerprint density at radius 2 is 2.08 bits per heavy atom. The van der Waals surface area contributed by atoms with Gasteiger partial charge in [-0.15, -0.1) is 0 Å². The molecule has 0 saturated carbocycles. The maximum atomic E-state index is 12.3. The topological polar surface area (TPSA) is 91.2 Å². The predicted molar refractivity (Wildman–Crippen MR) is 93.6 cm³/mol. The lowest BCUT2D eigenvalue weighted by Gasteiger charge is -2.22. The van der Waals surface area contributed by atoms with Crippen molar-refractivity contribution < 1.29 is 19.4 Å². The summed E-state index contributed by atoms with van der Waals surface area (Å²) in [6.45, 7) is 1.29. The molecule has 134 valence electrons. The summed E-state index contributed by atoms with van der Waals surface area (Å²) in [5.74, 6) is -1.30. The molecular formula is C18H23N3O4. The molecule has 2 atom stereocenters. The van der Waals surface area contributed by atoms with Crippen LogP contribution in [-0.2, 0) is 14.3 Å². The Hall–Kier alpha value is -2.41. The van der Waals surface area contributed by atoms with Crippen LogP contribution in [-0.4, -0.2) is 48.0 Å². The average Bonchev–Trinajstić information content (AvgIpc) is 3.09. The largest absolute Gasteiger partial charge is 0.480 e. The van der Waals surface area contributed by atoms with Gasteiger partial charge in [0.25, 0.3) is 5.91 Å². The number of carbonyl (C=O) groups excluding carboxylic acids is 1. The second kappa shape index (κ2) is 8.11. The number of para-hydroxylation sites is 1. The van der Waals surface area contributed by atoms with Gasteiger partial charge in [0.05, 0.1) is 11.8 Å². The molecule has 0 spiro atoms. The Morgan fingerprint density at radius 1 is 1.28 bits per heavy atom. The summed E-state index contributed by atoms with van der Waals surface area (Å²) >= 11 is 0. The van der Waals surface area contributed by atoms with Crippen LogP contribution >= 0.6 is 0 Å². The number of rotatable bonds is 6. The third kappa shape index (κ3) is 4.36. The molecule has 2 unspecified atom stereocenters. The van der Waals surface area contributed by atoms with Crippen molar-refractivity contribution in [3.05, 3.63) is 30.3 Å². The van der Waals surface area contributed by atoms with E-state index in [-0.39, 0.29) is 24.1 Å². The molecule has 2 N–H and O–H groups in total. The summed E-state index contributed by atoms with van der Waals surface area (Å²) in [6, 6.07) is 8.17. The fourth-order valence-electron chi connectivity index (χ4n) is 3.14. The molecule has 1 aromatic carbocycles. The van der Waals surface area contributed by atoms with E-state index in [4.69, 9.17) is 4.74 Å². The zero-order valence-corrected chi connectivity index (χ0v) is 14.1. The molecule has 2 heterocycles. The van der Waals surface area contributed by atoms with Gasteiger partial charge in [-0.1, -0.05) is 18.2 Å². The number of anilines is 1. The van der Waals surface area contributed by atoms with Crippen LogP contribution in [0.2, 0.25) is 0 Å². The Morgan fingerprint density at radius 3 is 2.76 bits per heavy atom. The van der Waals surface area contributed by atoms with Crippen molar-refractivity contribution in [3.8, 4) is 0 Å². The Bertz CT molecular complexity index is 641. The van der Waals surface area contributed by atoms with Gasteiger partial charge in [-0.3, -0.25) is 9.80 Å². The zero-order chi connectivity index (χ0) is 17.6. The van der Waals surface area contributed by atoms with Crippen LogP contribution in [0, 0.1) is 0 Å². The van der Waals surface area contributed by atoms with Crippen molar-refractivity contribution in [2.45, 2.75) is 44.2 Å². The third-order valence-corrected chi connectivity index (χ3v) is 4.50. The van der Waals surface area contributed by atoms with E-state index < -0.39 is 12.0 Å². The van der Waals surface area contributed by atoms with Crippen molar-refractivity contribution in [2.75, 3.05) is 18.2 Å². The maximum absolute atomic E-state index is 12.3. The van der Waals surface area contributed by atoms with Gasteiger partial charge < -0.3 is 15.2 Å². The van der Waals surface area contributed by atoms with Crippen LogP contribution in [0.3, 0.4) is 0 Å². The third-order valence-electron chi connectivity index (χ3n) is 4.50. The molecule has 0 bridgehead atoms. The summed E-state index contributed by atoms with van der Waals surface area (Å²) < 4.78 is 5.64. The maximum Gasteiger partial charge on any atom is 0.328 e. The first-order valence-electron chi connectivity index (χ1n) is 8.69. The van der Waals surface area contributed by atoms with Crippen molar-refractivity contribution >= 4 is 23.3 Å². The molecule has 0 radical (unpaired) electrons. The van der Waals surface area contributed by atoms with Gasteiger partial charge in [-0.25, -0.2) is 4.79 Å². The first-order chi connectivity index (χ1) is 12.1. The number of hydrazone groups is 1. The van der Waals surface area contributed by atoms with E-state index in [9.17, 15) is 14.7 Å². The van der Waals surface area contributed by atoms with E-state index in [0.29, 0.717) is 12.2 Å². The molecule has 1 aromatic rings. The summed E-state index contributed by atoms with van der Waals surface area (Å²) in [7, 11) is 0. The van der Waals surface area contributed by atoms with Gasteiger partial charge in [-0.2, -0.15) is 5.10 Å². The number of carboxylic acid groups (broad SMARTS) is 1. The van der Waals surface area contributed by atoms with Gasteiger partial charge in [-0.05, 0) is 37.8 Å². The average molecular weight is 345 g/mol. The number of hydrogen-bond donors (Lipinski definition) is 2. The van der Waals surface area contributed by atoms with Crippen LogP contribution in [0.1, 0.15) is 32.1 Å². The second-order valence-corrected chi connectivity index (χ2v) is 6.32. The number of nitrogens with zero attached hydrogens (tertiary/aromatic N) is 2. The van der Waals surface area contributed by atoms with E-state index in [1.807, 2.05) is 18.2 Å². The Labute approximate surface area is 146 Å². The number of carboxylic acids is 1. The molecule has 0 aromatic heterocycles. The van der Waals surface area contributed by atoms with E-state index in [2.05, 4.69) is 10.4 Å². The van der Waals surface area contributed by atoms with Gasteiger partial charge in [0, 0.05) is 19.6 Å². The van der Waals surface area contributed by atoms with E-state index in [0.717, 1.165) is 32.3 Å². The molecule has 1 amide bonds. The van der Waals surface area contributed by atoms with Crippen LogP contribution in [0.25, 0.3) is 0 Å². The number of aliphatic carboxylic acids is 1. The number of hydrogen-bond acceptors (Lipinski definition) is 5. The number of carbonyl (C=O) groups is 2. The number of benzene rings is 1. The van der Waals surface area contributed by atoms with Crippen LogP contribution in [0.4, 0.5) is 5.69 Å². The summed E-state index contributed by atoms with van der Waals surface area (Å²) in [4.78, 5) is 23.8. The number of nitrogens with one attached hydrogen (secondary N) is 1. The van der Waals surface area contributed by atoms with Crippen molar-refractivity contribution in [1.29, 1.82) is 0 Å². The molecule has 3 rings (SSSR count). The van der Waals surface area contributed by atoms with Crippen molar-refractivity contribution in [1.82, 2.24) is 5.32 Å². The lowest BCUT2D eigenvalue weighted by molar-refractivity contribution is -0.138. The standard InChI is InChI=1S/C18H23N3O4/c22-17(19-10-9-14-8-4-5-11-25-14)15-12-16(18(23)24)21(20-15)13-6-2-1-3-7-13/h1-3,6-7,14,16H,4-5,8-12H2,(H,19,22)(H,23,24). The summed E-state index contributed by atoms with van der Waals surface area (Å²) in [5.41, 5.74) is 0.911. The number of ether oxygens (including phenoxy) is 1. The SMILES string of the molecule is O=C(NCCC1CCCCO1)C1=NN(c2ccccc2)C(C(=O)O)C1. The molecule has 2 aliphatic rings. The van der Waals surface area contributed by atoms with Gasteiger partial charge >= 0.3 is 5.97 Å². The highest BCUT2D eigenvalue weighted by atomic mass is 16.5. The fraction of sp³-hybridized carbons (Fsp3) is 0.500. The Kier molecular flexibility index (Phi) is 5.65. The summed E-state index contributed by atoms with van der Waals surface area (Å²) in [6.07, 6.45) is 4.36. The quantitative estimate of drug-likeness (QED) is 0.820. The predicted octanol–water partition coefficient (Wildman–Crippen LogP) is 1.78. The monoisotopic (exact) mass is 345 g/mol. The van der Waals surface area contributed by atoms with E-state index in [1.54, 1.807) is 12.1 Å². The van der Waals surface area contributed by atoms with Crippen molar-refractivity contribution in [2.24, 2.45) is 5.10 Å². The zero-order valence-electron chi connectivity index (χ0n) is 14.1. The highest BCUT2D eigenvalue weighted by Gasteiger charge is 2.36. The van der Waals surface area contributed by atoms with Gasteiger partial charge in [0.15, 0.2) is 6.04 Å². The molecule has 2 aliphatic heterocycles. The lowest BCUT2D eigenvalue weighted by atomic mass is 10.1. The van der Waals surface area contributed by atoms with Crippen LogP contribution in [0.15, 0.2) is 35.4 Å². The minimum atomic E-state index is -0.994. The molecular weight excluding hydrogens is 322 g/mol. The molecule has 1 saturated heterocycles.